The maximum absolute atomic E-state index is 14.3. The summed E-state index contributed by atoms with van der Waals surface area (Å²) < 4.78 is 33.5. The summed E-state index contributed by atoms with van der Waals surface area (Å²) in [6.07, 6.45) is 1.12. The summed E-state index contributed by atoms with van der Waals surface area (Å²) in [5, 5.41) is 13.0. The number of esters is 1. The highest BCUT2D eigenvalue weighted by molar-refractivity contribution is 6.00. The van der Waals surface area contributed by atoms with Gasteiger partial charge < -0.3 is 38.3 Å². The van der Waals surface area contributed by atoms with Crippen molar-refractivity contribution in [2.24, 2.45) is 23.7 Å². The van der Waals surface area contributed by atoms with Crippen molar-refractivity contribution in [2.45, 2.75) is 155 Å². The SMILES string of the molecule is C=C1C(C)CC(C)(OC)C(OC2OC(C)CC(N(C)C)C2O)C(C)C(=O)C(C)C(=O)O[C@H](CC)C2(C)OC(=O)N(NCCC(C)n3cnc(C)c3)C2C1C. The standard InChI is InChI=1S/C40H67N5O9/c1-15-31-40(11)34(45(38(49)54-40)42-17-16-24(4)44-20-23(3)41-21-44)27(7)26(6)22(2)19-39(10,50-14)35(28(8)32(46)29(9)36(48)52-31)53-37-33(47)30(43(12)13)18-25(5)51-37/h20-22,24-25,27-31,33-35,37,42,47H,6,15-19H2,1-5,7-14H3/t22?,24?,25?,27?,28?,29?,30?,31-,33?,34?,35?,37?,39?,40?/m1/s1. The van der Waals surface area contributed by atoms with Crippen molar-refractivity contribution in [2.75, 3.05) is 27.7 Å². The molecular weight excluding hydrogens is 694 g/mol. The van der Waals surface area contributed by atoms with Gasteiger partial charge in [0.15, 0.2) is 17.7 Å². The maximum Gasteiger partial charge on any atom is 0.425 e. The lowest BCUT2D eigenvalue weighted by atomic mass is 9.72. The predicted octanol–water partition coefficient (Wildman–Crippen LogP) is 4.84. The van der Waals surface area contributed by atoms with Crippen molar-refractivity contribution in [1.29, 1.82) is 0 Å². The molecule has 3 aliphatic rings. The van der Waals surface area contributed by atoms with Gasteiger partial charge in [0.25, 0.3) is 0 Å². The molecule has 0 aromatic carbocycles. The number of aliphatic hydroxyl groups excluding tert-OH is 1. The summed E-state index contributed by atoms with van der Waals surface area (Å²) in [6, 6.07) is -0.755. The van der Waals surface area contributed by atoms with E-state index in [0.717, 1.165) is 11.3 Å². The fourth-order valence-electron chi connectivity index (χ4n) is 8.83. The quantitative estimate of drug-likeness (QED) is 0.191. The molecule has 3 aliphatic heterocycles. The molecular formula is C40H67N5O9. The number of aryl methyl sites for hydroxylation is 1. The zero-order chi connectivity index (χ0) is 40.4. The summed E-state index contributed by atoms with van der Waals surface area (Å²) in [5.41, 5.74) is 2.69. The molecule has 3 saturated heterocycles. The number of carbonyl (C=O) groups is 3. The Morgan fingerprint density at radius 1 is 1.15 bits per heavy atom. The first-order valence-electron chi connectivity index (χ1n) is 19.6. The number of aromatic nitrogens is 2. The second kappa shape index (κ2) is 17.5. The van der Waals surface area contributed by atoms with Crippen molar-refractivity contribution in [3.05, 3.63) is 30.4 Å². The molecule has 3 fully saturated rings. The minimum Gasteiger partial charge on any atom is -0.458 e. The Bertz CT molecular complexity index is 1490. The molecule has 0 radical (unpaired) electrons. The van der Waals surface area contributed by atoms with Crippen LogP contribution in [0.1, 0.15) is 99.7 Å². The predicted molar refractivity (Wildman–Crippen MR) is 203 cm³/mol. The highest BCUT2D eigenvalue weighted by atomic mass is 16.7. The van der Waals surface area contributed by atoms with Crippen LogP contribution in [0.5, 0.6) is 0 Å². The van der Waals surface area contributed by atoms with Crippen LogP contribution in [0.2, 0.25) is 0 Å². The van der Waals surface area contributed by atoms with Crippen molar-refractivity contribution in [1.82, 2.24) is 24.9 Å². The van der Waals surface area contributed by atoms with Gasteiger partial charge in [-0.2, -0.15) is 0 Å². The van der Waals surface area contributed by atoms with Crippen molar-refractivity contribution >= 4 is 17.8 Å². The van der Waals surface area contributed by atoms with Crippen LogP contribution >= 0.6 is 0 Å². The van der Waals surface area contributed by atoms with Crippen LogP contribution in [-0.2, 0) is 33.3 Å². The smallest absolute Gasteiger partial charge is 0.425 e. The molecule has 0 aliphatic carbocycles. The number of aliphatic hydroxyl groups is 1. The number of likely N-dealkylation sites (N-methyl/N-ethyl adjacent to an activating group) is 1. The number of ether oxygens (including phenoxy) is 5. The summed E-state index contributed by atoms with van der Waals surface area (Å²) in [5.74, 6) is -3.74. The molecule has 14 atom stereocenters. The number of carbonyl (C=O) groups excluding carboxylic acids is 3. The number of rotatable bonds is 10. The summed E-state index contributed by atoms with van der Waals surface area (Å²) in [7, 11) is 5.37. The topological polar surface area (TPSA) is 154 Å². The number of hydrogen-bond acceptors (Lipinski definition) is 12. The van der Waals surface area contributed by atoms with Crippen LogP contribution in [0.3, 0.4) is 0 Å². The first kappa shape index (κ1) is 43.8. The number of nitrogens with one attached hydrogen (secondary N) is 1. The Kier molecular flexibility index (Phi) is 14.2. The zero-order valence-electron chi connectivity index (χ0n) is 34.8. The van der Waals surface area contributed by atoms with E-state index in [-0.39, 0.29) is 30.0 Å². The zero-order valence-corrected chi connectivity index (χ0v) is 34.8. The lowest BCUT2D eigenvalue weighted by molar-refractivity contribution is -0.295. The minimum absolute atomic E-state index is 0.116. The molecule has 13 unspecified atom stereocenters. The molecule has 14 nitrogen and oxygen atoms in total. The van der Waals surface area contributed by atoms with Gasteiger partial charge in [-0.1, -0.05) is 39.8 Å². The van der Waals surface area contributed by atoms with Gasteiger partial charge in [0.2, 0.25) is 0 Å². The number of methoxy groups -OCH3 is 1. The fraction of sp³-hybridized carbons (Fsp3) is 0.800. The van der Waals surface area contributed by atoms with Crippen molar-refractivity contribution in [3.63, 3.8) is 0 Å². The van der Waals surface area contributed by atoms with Crippen LogP contribution in [0.25, 0.3) is 0 Å². The lowest BCUT2D eigenvalue weighted by Gasteiger charge is -2.47. The number of hydrogen-bond donors (Lipinski definition) is 2. The molecule has 1 aromatic heterocycles. The lowest BCUT2D eigenvalue weighted by Crippen LogP contribution is -2.60. The van der Waals surface area contributed by atoms with E-state index >= 15 is 0 Å². The second-order valence-electron chi connectivity index (χ2n) is 16.7. The van der Waals surface area contributed by atoms with Gasteiger partial charge in [0.05, 0.1) is 29.8 Å². The van der Waals surface area contributed by atoms with Gasteiger partial charge in [0.1, 0.15) is 24.2 Å². The van der Waals surface area contributed by atoms with Gasteiger partial charge in [0, 0.05) is 43.8 Å². The minimum atomic E-state index is -1.29. The maximum atomic E-state index is 14.3. The molecule has 4 heterocycles. The highest BCUT2D eigenvalue weighted by Gasteiger charge is 2.60. The number of ketones is 1. The van der Waals surface area contributed by atoms with Gasteiger partial charge in [-0.05, 0) is 87.2 Å². The third-order valence-corrected chi connectivity index (χ3v) is 12.4. The largest absolute Gasteiger partial charge is 0.458 e. The van der Waals surface area contributed by atoms with Crippen molar-refractivity contribution < 1.29 is 43.2 Å². The molecule has 54 heavy (non-hydrogen) atoms. The molecule has 1 amide bonds. The highest BCUT2D eigenvalue weighted by Crippen LogP contribution is 2.44. The number of hydrazine groups is 1. The van der Waals surface area contributed by atoms with Crippen LogP contribution in [0.4, 0.5) is 4.79 Å². The molecule has 4 rings (SSSR count). The Hall–Kier alpha value is -2.88. The van der Waals surface area contributed by atoms with E-state index in [9.17, 15) is 19.5 Å². The third-order valence-electron chi connectivity index (χ3n) is 12.4. The van der Waals surface area contributed by atoms with E-state index in [1.807, 2.05) is 71.3 Å². The average Bonchev–Trinajstić information content (AvgIpc) is 3.67. The van der Waals surface area contributed by atoms with E-state index in [2.05, 4.69) is 23.9 Å². The van der Waals surface area contributed by atoms with Gasteiger partial charge >= 0.3 is 12.1 Å². The monoisotopic (exact) mass is 761 g/mol. The molecule has 306 valence electrons. The summed E-state index contributed by atoms with van der Waals surface area (Å²) in [4.78, 5) is 48.3. The van der Waals surface area contributed by atoms with Gasteiger partial charge in [-0.25, -0.2) is 20.2 Å². The normalized spacial score (nSPS) is 39.2. The second-order valence-corrected chi connectivity index (χ2v) is 16.7. The molecule has 0 saturated carbocycles. The van der Waals surface area contributed by atoms with E-state index in [1.54, 1.807) is 27.3 Å². The number of imidazole rings is 1. The van der Waals surface area contributed by atoms with Gasteiger partial charge in [-0.3, -0.25) is 9.59 Å². The number of cyclic esters (lactones) is 1. The molecule has 1 aromatic rings. The first-order valence-corrected chi connectivity index (χ1v) is 19.6. The Labute approximate surface area is 322 Å². The summed E-state index contributed by atoms with van der Waals surface area (Å²) >= 11 is 0. The fourth-order valence-corrected chi connectivity index (χ4v) is 8.83. The molecule has 2 N–H and O–H groups in total. The van der Waals surface area contributed by atoms with Crippen LogP contribution in [-0.4, -0.2) is 124 Å². The average molecular weight is 762 g/mol. The molecule has 14 heteroatoms. The number of nitrogens with zero attached hydrogens (tertiary/aromatic N) is 4. The van der Waals surface area contributed by atoms with E-state index < -0.39 is 71.5 Å². The van der Waals surface area contributed by atoms with E-state index in [4.69, 9.17) is 23.7 Å². The number of amides is 1. The van der Waals surface area contributed by atoms with Crippen LogP contribution in [0, 0.1) is 30.6 Å². The van der Waals surface area contributed by atoms with Crippen LogP contribution in [0.15, 0.2) is 24.7 Å². The van der Waals surface area contributed by atoms with E-state index in [0.29, 0.717) is 32.2 Å². The van der Waals surface area contributed by atoms with Gasteiger partial charge in [-0.15, -0.1) is 0 Å². The number of Topliss-reactive ketones (excluding diaryl/α,β-unsaturated/α-hetero) is 1. The van der Waals surface area contributed by atoms with Crippen LogP contribution < -0.4 is 5.43 Å². The van der Waals surface area contributed by atoms with Crippen molar-refractivity contribution in [3.8, 4) is 0 Å². The molecule has 0 spiro atoms. The summed E-state index contributed by atoms with van der Waals surface area (Å²) in [6.45, 7) is 23.8. The Morgan fingerprint density at radius 2 is 1.81 bits per heavy atom. The van der Waals surface area contributed by atoms with E-state index in [1.165, 1.54) is 11.9 Å². The Morgan fingerprint density at radius 3 is 2.39 bits per heavy atom. The first-order chi connectivity index (χ1) is 25.2. The third kappa shape index (κ3) is 8.89. The Balaban J connectivity index is 1.72. The number of fused-ring (bicyclic) bond motifs is 1. The molecule has 0 bridgehead atoms.